The highest BCUT2D eigenvalue weighted by Crippen LogP contribution is 2.27. The smallest absolute Gasteiger partial charge is 0.335 e. The number of carboxylic acid groups (broad SMARTS) is 1. The second-order valence-electron chi connectivity index (χ2n) is 4.15. The number of aromatic carboxylic acids is 1. The average molecular weight is 350 g/mol. The van der Waals surface area contributed by atoms with Gasteiger partial charge in [0.1, 0.15) is 18.2 Å². The zero-order chi connectivity index (χ0) is 15.4. The number of hydrogen-bond donors (Lipinski definition) is 1. The molecule has 0 saturated carbocycles. The quantitative estimate of drug-likeness (QED) is 0.912. The molecule has 21 heavy (non-hydrogen) atoms. The summed E-state index contributed by atoms with van der Waals surface area (Å²) in [7, 11) is 0. The summed E-state index contributed by atoms with van der Waals surface area (Å²) >= 11 is 3.26. The maximum absolute atomic E-state index is 13.0. The second-order valence-corrected chi connectivity index (χ2v) is 5.01. The number of ether oxygens (including phenoxy) is 1. The van der Waals surface area contributed by atoms with Crippen molar-refractivity contribution in [3.05, 3.63) is 63.4 Å². The molecular weight excluding hydrogens is 341 g/mol. The normalized spacial score (nSPS) is 9.95. The van der Waals surface area contributed by atoms with Crippen LogP contribution in [-0.2, 0) is 6.61 Å². The fourth-order valence-corrected chi connectivity index (χ4v) is 2.04. The first kappa shape index (κ1) is 15.0. The van der Waals surface area contributed by atoms with E-state index in [0.717, 1.165) is 6.07 Å². The molecule has 0 aromatic heterocycles. The van der Waals surface area contributed by atoms with E-state index in [1.165, 1.54) is 24.3 Å². The Balaban J connectivity index is 2.22. The zero-order valence-corrected chi connectivity index (χ0v) is 12.2. The van der Waals surface area contributed by atoms with Gasteiger partial charge in [0.15, 0.2) is 0 Å². The molecule has 6 heteroatoms. The minimum absolute atomic E-state index is 0.0326. The third-order valence-electron chi connectivity index (χ3n) is 2.75. The number of carboxylic acids is 1. The molecule has 2 aromatic rings. The summed E-state index contributed by atoms with van der Waals surface area (Å²) < 4.78 is 19.1. The van der Waals surface area contributed by atoms with Gasteiger partial charge in [0.25, 0.3) is 0 Å². The minimum atomic E-state index is -1.06. The van der Waals surface area contributed by atoms with E-state index in [1.54, 1.807) is 6.07 Å². The van der Waals surface area contributed by atoms with Crippen molar-refractivity contribution in [2.24, 2.45) is 0 Å². The van der Waals surface area contributed by atoms with Crippen LogP contribution in [0.4, 0.5) is 4.39 Å². The lowest BCUT2D eigenvalue weighted by molar-refractivity contribution is 0.0696. The van der Waals surface area contributed by atoms with Crippen molar-refractivity contribution in [1.29, 1.82) is 5.26 Å². The lowest BCUT2D eigenvalue weighted by atomic mass is 10.1. The molecule has 0 aliphatic heterocycles. The summed E-state index contributed by atoms with van der Waals surface area (Å²) in [6, 6.07) is 10.1. The summed E-state index contributed by atoms with van der Waals surface area (Å²) in [6.07, 6.45) is 0. The van der Waals surface area contributed by atoms with Crippen LogP contribution in [0.1, 0.15) is 21.5 Å². The van der Waals surface area contributed by atoms with Gasteiger partial charge in [-0.15, -0.1) is 0 Å². The van der Waals surface area contributed by atoms with Crippen molar-refractivity contribution in [3.63, 3.8) is 0 Å². The van der Waals surface area contributed by atoms with E-state index in [-0.39, 0.29) is 17.7 Å². The highest BCUT2D eigenvalue weighted by molar-refractivity contribution is 9.10. The first-order chi connectivity index (χ1) is 10.0. The fraction of sp³-hybridized carbons (Fsp3) is 0.0667. The maximum atomic E-state index is 13.0. The molecule has 0 atom stereocenters. The molecule has 0 amide bonds. The van der Waals surface area contributed by atoms with Crippen LogP contribution in [0.15, 0.2) is 40.9 Å². The highest BCUT2D eigenvalue weighted by atomic mass is 79.9. The number of nitrogens with zero attached hydrogens (tertiary/aromatic N) is 1. The van der Waals surface area contributed by atoms with Crippen molar-refractivity contribution in [2.45, 2.75) is 6.61 Å². The van der Waals surface area contributed by atoms with Gasteiger partial charge < -0.3 is 9.84 Å². The van der Waals surface area contributed by atoms with Gasteiger partial charge in [-0.3, -0.25) is 0 Å². The summed E-state index contributed by atoms with van der Waals surface area (Å²) in [5, 5.41) is 17.9. The van der Waals surface area contributed by atoms with Crippen molar-refractivity contribution in [2.75, 3.05) is 0 Å². The third-order valence-corrected chi connectivity index (χ3v) is 3.41. The molecule has 0 heterocycles. The Morgan fingerprint density at radius 2 is 2.10 bits per heavy atom. The van der Waals surface area contributed by atoms with Crippen LogP contribution in [-0.4, -0.2) is 11.1 Å². The van der Waals surface area contributed by atoms with E-state index in [4.69, 9.17) is 15.1 Å². The van der Waals surface area contributed by atoms with Crippen molar-refractivity contribution in [1.82, 2.24) is 0 Å². The van der Waals surface area contributed by atoms with Gasteiger partial charge in [-0.25, -0.2) is 9.18 Å². The molecule has 0 radical (unpaired) electrons. The van der Waals surface area contributed by atoms with Gasteiger partial charge in [0, 0.05) is 5.56 Å². The topological polar surface area (TPSA) is 70.3 Å². The first-order valence-electron chi connectivity index (χ1n) is 5.85. The average Bonchev–Trinajstić information content (AvgIpc) is 2.47. The molecular formula is C15H9BrFNO3. The molecule has 2 aromatic carbocycles. The van der Waals surface area contributed by atoms with E-state index in [2.05, 4.69) is 15.9 Å². The van der Waals surface area contributed by atoms with Gasteiger partial charge in [-0.1, -0.05) is 6.07 Å². The SMILES string of the molecule is N#Cc1cc(F)ccc1COc1cc(C(=O)O)ccc1Br. The molecule has 0 aliphatic carbocycles. The molecule has 0 saturated heterocycles. The molecule has 106 valence electrons. The summed E-state index contributed by atoms with van der Waals surface area (Å²) in [6.45, 7) is 0.0326. The molecule has 1 N–H and O–H groups in total. The molecule has 0 spiro atoms. The van der Waals surface area contributed by atoms with Crippen LogP contribution in [0.2, 0.25) is 0 Å². The van der Waals surface area contributed by atoms with Crippen molar-refractivity contribution >= 4 is 21.9 Å². The Bertz CT molecular complexity index is 740. The molecule has 0 bridgehead atoms. The van der Waals surface area contributed by atoms with Gasteiger partial charge >= 0.3 is 5.97 Å². The largest absolute Gasteiger partial charge is 0.488 e. The van der Waals surface area contributed by atoms with E-state index in [9.17, 15) is 9.18 Å². The third kappa shape index (κ3) is 3.58. The summed E-state index contributed by atoms with van der Waals surface area (Å²) in [5.74, 6) is -1.22. The first-order valence-corrected chi connectivity index (χ1v) is 6.64. The Hall–Kier alpha value is -2.39. The zero-order valence-electron chi connectivity index (χ0n) is 10.6. The minimum Gasteiger partial charge on any atom is -0.488 e. The van der Waals surface area contributed by atoms with Gasteiger partial charge in [0.05, 0.1) is 21.7 Å². The van der Waals surface area contributed by atoms with E-state index in [0.29, 0.717) is 15.8 Å². The number of hydrogen-bond acceptors (Lipinski definition) is 3. The van der Waals surface area contributed by atoms with E-state index >= 15 is 0 Å². The van der Waals surface area contributed by atoms with Crippen LogP contribution in [0, 0.1) is 17.1 Å². The number of carbonyl (C=O) groups is 1. The van der Waals surface area contributed by atoms with Crippen LogP contribution in [0.3, 0.4) is 0 Å². The van der Waals surface area contributed by atoms with Crippen molar-refractivity contribution in [3.8, 4) is 11.8 Å². The Morgan fingerprint density at radius 1 is 1.33 bits per heavy atom. The van der Waals surface area contributed by atoms with E-state index in [1.807, 2.05) is 6.07 Å². The van der Waals surface area contributed by atoms with Gasteiger partial charge in [0.2, 0.25) is 0 Å². The highest BCUT2D eigenvalue weighted by Gasteiger charge is 2.10. The van der Waals surface area contributed by atoms with Crippen LogP contribution >= 0.6 is 15.9 Å². The number of nitriles is 1. The van der Waals surface area contributed by atoms with Crippen LogP contribution in [0.25, 0.3) is 0 Å². The summed E-state index contributed by atoms with van der Waals surface area (Å²) in [5.41, 5.74) is 0.792. The van der Waals surface area contributed by atoms with Gasteiger partial charge in [-0.05, 0) is 46.3 Å². The summed E-state index contributed by atoms with van der Waals surface area (Å²) in [4.78, 5) is 10.9. The van der Waals surface area contributed by atoms with E-state index < -0.39 is 11.8 Å². The predicted octanol–water partition coefficient (Wildman–Crippen LogP) is 3.74. The standard InChI is InChI=1S/C15H9BrFNO3/c16-13-4-2-9(15(19)20)6-14(13)21-8-10-1-3-12(17)5-11(10)7-18/h1-6H,8H2,(H,19,20). The van der Waals surface area contributed by atoms with Gasteiger partial charge in [-0.2, -0.15) is 5.26 Å². The fourth-order valence-electron chi connectivity index (χ4n) is 1.68. The Labute approximate surface area is 128 Å². The molecule has 2 rings (SSSR count). The Kier molecular flexibility index (Phi) is 4.55. The second kappa shape index (κ2) is 6.37. The maximum Gasteiger partial charge on any atom is 0.335 e. The molecule has 0 aliphatic rings. The number of benzene rings is 2. The lowest BCUT2D eigenvalue weighted by Crippen LogP contribution is -2.01. The number of halogens is 2. The molecule has 0 unspecified atom stereocenters. The Morgan fingerprint density at radius 3 is 2.76 bits per heavy atom. The van der Waals surface area contributed by atoms with Crippen LogP contribution in [0.5, 0.6) is 5.75 Å². The monoisotopic (exact) mass is 349 g/mol. The van der Waals surface area contributed by atoms with Crippen molar-refractivity contribution < 1.29 is 19.0 Å². The number of rotatable bonds is 4. The molecule has 0 fully saturated rings. The predicted molar refractivity (Wildman–Crippen MR) is 76.5 cm³/mol. The van der Waals surface area contributed by atoms with Crippen LogP contribution < -0.4 is 4.74 Å². The molecule has 4 nitrogen and oxygen atoms in total. The lowest BCUT2D eigenvalue weighted by Gasteiger charge is -2.10.